The molecule has 0 amide bonds. The van der Waals surface area contributed by atoms with Crippen molar-refractivity contribution in [3.8, 4) is 0 Å². The Balaban J connectivity index is 2.33. The average Bonchev–Trinajstić information content (AvgIpc) is 2.86. The van der Waals surface area contributed by atoms with E-state index in [4.69, 9.17) is 17.3 Å². The summed E-state index contributed by atoms with van der Waals surface area (Å²) in [5, 5.41) is 0.434. The third-order valence-electron chi connectivity index (χ3n) is 2.99. The summed E-state index contributed by atoms with van der Waals surface area (Å²) in [7, 11) is -3.67. The second kappa shape index (κ2) is 6.39. The quantitative estimate of drug-likeness (QED) is 0.820. The van der Waals surface area contributed by atoms with E-state index in [1.54, 1.807) is 30.5 Å². The molecule has 0 aliphatic rings. The maximum absolute atomic E-state index is 12.4. The third-order valence-corrected chi connectivity index (χ3v) is 5.57. The number of hydrogen-bond acceptors (Lipinski definition) is 3. The van der Waals surface area contributed by atoms with Gasteiger partial charge in [0.15, 0.2) is 0 Å². The number of nitrogens with one attached hydrogen (secondary N) is 1. The molecule has 3 N–H and O–H groups in total. The molecule has 1 aromatic carbocycles. The Morgan fingerprint density at radius 3 is 2.62 bits per heavy atom. The molecule has 0 aliphatic heterocycles. The van der Waals surface area contributed by atoms with Gasteiger partial charge in [0.1, 0.15) is 4.90 Å². The lowest BCUT2D eigenvalue weighted by Gasteiger charge is -2.07. The lowest BCUT2D eigenvalue weighted by Crippen LogP contribution is -2.12. The Kier molecular flexibility index (Phi) is 4.98. The van der Waals surface area contributed by atoms with Crippen molar-refractivity contribution in [2.75, 3.05) is 4.72 Å². The van der Waals surface area contributed by atoms with Gasteiger partial charge in [0.05, 0.1) is 10.7 Å². The number of anilines is 1. The van der Waals surface area contributed by atoms with Crippen LogP contribution in [0.2, 0.25) is 5.02 Å². The fraction of sp³-hybridized carbons (Fsp3) is 0.231. The molecule has 0 spiro atoms. The standard InChI is InChI=1S/C13H15BrClN3O2S/c1-2-18-8-11(6-10(18)7-16)21(19,20)17-9-3-4-12(14)13(15)5-9/h3-6,8,17H,2,7,16H2,1H3. The number of rotatable bonds is 5. The highest BCUT2D eigenvalue weighted by molar-refractivity contribution is 9.10. The highest BCUT2D eigenvalue weighted by atomic mass is 79.9. The van der Waals surface area contributed by atoms with Gasteiger partial charge in [-0.3, -0.25) is 4.72 Å². The zero-order valence-electron chi connectivity index (χ0n) is 11.3. The van der Waals surface area contributed by atoms with Gasteiger partial charge in [-0.05, 0) is 47.1 Å². The minimum Gasteiger partial charge on any atom is -0.349 e. The first-order chi connectivity index (χ1) is 9.87. The van der Waals surface area contributed by atoms with Gasteiger partial charge in [0, 0.05) is 29.5 Å². The third kappa shape index (κ3) is 3.60. The van der Waals surface area contributed by atoms with E-state index in [1.165, 1.54) is 0 Å². The van der Waals surface area contributed by atoms with Crippen LogP contribution in [0.4, 0.5) is 5.69 Å². The minimum atomic E-state index is -3.67. The number of sulfonamides is 1. The first-order valence-electron chi connectivity index (χ1n) is 6.24. The van der Waals surface area contributed by atoms with Gasteiger partial charge in [-0.1, -0.05) is 11.6 Å². The molecule has 0 unspecified atom stereocenters. The molecule has 2 rings (SSSR count). The van der Waals surface area contributed by atoms with Gasteiger partial charge in [0.2, 0.25) is 0 Å². The summed E-state index contributed by atoms with van der Waals surface area (Å²) in [4.78, 5) is 0.184. The summed E-state index contributed by atoms with van der Waals surface area (Å²) >= 11 is 9.22. The average molecular weight is 393 g/mol. The Morgan fingerprint density at radius 2 is 2.10 bits per heavy atom. The van der Waals surface area contributed by atoms with Crippen LogP contribution in [0.5, 0.6) is 0 Å². The predicted molar refractivity (Wildman–Crippen MR) is 88.0 cm³/mol. The maximum atomic E-state index is 12.4. The molecule has 0 atom stereocenters. The van der Waals surface area contributed by atoms with Crippen LogP contribution < -0.4 is 10.5 Å². The summed E-state index contributed by atoms with van der Waals surface area (Å²) in [6, 6.07) is 6.44. The predicted octanol–water partition coefficient (Wildman–Crippen LogP) is 3.18. The summed E-state index contributed by atoms with van der Waals surface area (Å²) in [5.41, 5.74) is 6.79. The van der Waals surface area contributed by atoms with E-state index in [0.717, 1.165) is 5.69 Å². The topological polar surface area (TPSA) is 77.1 Å². The summed E-state index contributed by atoms with van der Waals surface area (Å²) in [5.74, 6) is 0. The Labute approximate surface area is 137 Å². The molecule has 21 heavy (non-hydrogen) atoms. The molecule has 0 saturated heterocycles. The highest BCUT2D eigenvalue weighted by Gasteiger charge is 2.18. The van der Waals surface area contributed by atoms with Crippen molar-refractivity contribution in [1.29, 1.82) is 0 Å². The summed E-state index contributed by atoms with van der Waals surface area (Å²) < 4.78 is 29.8. The minimum absolute atomic E-state index is 0.184. The van der Waals surface area contributed by atoms with Gasteiger partial charge in [-0.25, -0.2) is 8.42 Å². The summed E-state index contributed by atoms with van der Waals surface area (Å²) in [6.07, 6.45) is 1.57. The van der Waals surface area contributed by atoms with Crippen molar-refractivity contribution in [3.63, 3.8) is 0 Å². The van der Waals surface area contributed by atoms with Crippen LogP contribution in [-0.2, 0) is 23.1 Å². The molecule has 5 nitrogen and oxygen atoms in total. The normalized spacial score (nSPS) is 11.6. The smallest absolute Gasteiger partial charge is 0.263 e. The fourth-order valence-corrected chi connectivity index (χ4v) is 3.45. The van der Waals surface area contributed by atoms with E-state index in [2.05, 4.69) is 20.7 Å². The van der Waals surface area contributed by atoms with Gasteiger partial charge in [0.25, 0.3) is 10.0 Å². The SMILES string of the molecule is CCn1cc(S(=O)(=O)Nc2ccc(Br)c(Cl)c2)cc1CN. The number of aryl methyl sites for hydroxylation is 1. The van der Waals surface area contributed by atoms with Crippen LogP contribution in [0.3, 0.4) is 0 Å². The molecule has 1 heterocycles. The van der Waals surface area contributed by atoms with Crippen LogP contribution in [0, 0.1) is 0 Å². The second-order valence-electron chi connectivity index (χ2n) is 4.39. The van der Waals surface area contributed by atoms with E-state index >= 15 is 0 Å². The van der Waals surface area contributed by atoms with Crippen molar-refractivity contribution >= 4 is 43.2 Å². The van der Waals surface area contributed by atoms with E-state index in [1.807, 2.05) is 11.5 Å². The van der Waals surface area contributed by atoms with Crippen LogP contribution in [0.15, 0.2) is 39.8 Å². The van der Waals surface area contributed by atoms with Crippen molar-refractivity contribution in [2.45, 2.75) is 24.9 Å². The number of halogens is 2. The number of benzene rings is 1. The lowest BCUT2D eigenvalue weighted by atomic mass is 10.3. The summed E-state index contributed by atoms with van der Waals surface area (Å²) in [6.45, 7) is 2.87. The van der Waals surface area contributed by atoms with E-state index in [0.29, 0.717) is 21.7 Å². The number of nitrogens with two attached hydrogens (primary N) is 1. The molecular weight excluding hydrogens is 378 g/mol. The molecule has 8 heteroatoms. The molecular formula is C13H15BrClN3O2S. The molecule has 2 aromatic rings. The maximum Gasteiger partial charge on any atom is 0.263 e. The zero-order valence-corrected chi connectivity index (χ0v) is 14.5. The number of hydrogen-bond donors (Lipinski definition) is 2. The van der Waals surface area contributed by atoms with Gasteiger partial charge >= 0.3 is 0 Å². The van der Waals surface area contributed by atoms with E-state index < -0.39 is 10.0 Å². The molecule has 0 fully saturated rings. The largest absolute Gasteiger partial charge is 0.349 e. The van der Waals surface area contributed by atoms with Gasteiger partial charge in [-0.2, -0.15) is 0 Å². The number of nitrogens with zero attached hydrogens (tertiary/aromatic N) is 1. The van der Waals surface area contributed by atoms with Crippen molar-refractivity contribution in [2.24, 2.45) is 5.73 Å². The van der Waals surface area contributed by atoms with Gasteiger partial charge < -0.3 is 10.3 Å². The highest BCUT2D eigenvalue weighted by Crippen LogP contribution is 2.27. The number of aromatic nitrogens is 1. The van der Waals surface area contributed by atoms with Crippen LogP contribution in [0.25, 0.3) is 0 Å². The van der Waals surface area contributed by atoms with Crippen LogP contribution in [-0.4, -0.2) is 13.0 Å². The molecule has 0 radical (unpaired) electrons. The van der Waals surface area contributed by atoms with Crippen LogP contribution >= 0.6 is 27.5 Å². The lowest BCUT2D eigenvalue weighted by molar-refractivity contribution is 0.600. The molecule has 0 bridgehead atoms. The first kappa shape index (κ1) is 16.4. The first-order valence-corrected chi connectivity index (χ1v) is 8.89. The molecule has 1 aromatic heterocycles. The Hall–Kier alpha value is -1.02. The monoisotopic (exact) mass is 391 g/mol. The fourth-order valence-electron chi connectivity index (χ4n) is 1.91. The van der Waals surface area contributed by atoms with Crippen molar-refractivity contribution in [1.82, 2.24) is 4.57 Å². The van der Waals surface area contributed by atoms with Crippen molar-refractivity contribution in [3.05, 3.63) is 45.7 Å². The zero-order chi connectivity index (χ0) is 15.6. The molecule has 114 valence electrons. The van der Waals surface area contributed by atoms with E-state index in [-0.39, 0.29) is 11.4 Å². The molecule has 0 saturated carbocycles. The Bertz CT molecular complexity index is 737. The van der Waals surface area contributed by atoms with Gasteiger partial charge in [-0.15, -0.1) is 0 Å². The Morgan fingerprint density at radius 1 is 1.38 bits per heavy atom. The van der Waals surface area contributed by atoms with E-state index in [9.17, 15) is 8.42 Å². The molecule has 0 aliphatic carbocycles. The second-order valence-corrected chi connectivity index (χ2v) is 7.34. The van der Waals surface area contributed by atoms with Crippen LogP contribution in [0.1, 0.15) is 12.6 Å². The van der Waals surface area contributed by atoms with Crippen molar-refractivity contribution < 1.29 is 8.42 Å².